The Bertz CT molecular complexity index is 416. The fourth-order valence-corrected chi connectivity index (χ4v) is 1.77. The first-order valence-electron chi connectivity index (χ1n) is 7.02. The summed E-state index contributed by atoms with van der Waals surface area (Å²) in [5.41, 5.74) is 0.700. The number of aliphatic hydroxyl groups is 1. The van der Waals surface area contributed by atoms with Crippen LogP contribution in [0.1, 0.15) is 39.7 Å². The molecular weight excluding hydrogens is 254 g/mol. The lowest BCUT2D eigenvalue weighted by Gasteiger charge is -2.21. The van der Waals surface area contributed by atoms with Gasteiger partial charge in [0.05, 0.1) is 19.1 Å². The van der Waals surface area contributed by atoms with Gasteiger partial charge >= 0.3 is 0 Å². The van der Waals surface area contributed by atoms with Crippen LogP contribution in [-0.2, 0) is 11.2 Å². The normalized spacial score (nSPS) is 12.8. The van der Waals surface area contributed by atoms with Gasteiger partial charge in [-0.3, -0.25) is 4.79 Å². The number of ether oxygens (including phenoxy) is 1. The Morgan fingerprint density at radius 3 is 2.35 bits per heavy atom. The van der Waals surface area contributed by atoms with Crippen LogP contribution in [0.15, 0.2) is 24.3 Å². The minimum Gasteiger partial charge on any atom is -0.488 e. The lowest BCUT2D eigenvalue weighted by atomic mass is 10.1. The molecule has 112 valence electrons. The maximum atomic E-state index is 11.8. The van der Waals surface area contributed by atoms with E-state index in [2.05, 4.69) is 5.32 Å². The molecule has 1 aromatic rings. The van der Waals surface area contributed by atoms with E-state index in [1.54, 1.807) is 0 Å². The Kier molecular flexibility index (Phi) is 6.02. The molecule has 1 atom stereocenters. The molecule has 2 N–H and O–H groups in total. The molecule has 1 amide bonds. The first-order valence-corrected chi connectivity index (χ1v) is 7.02. The van der Waals surface area contributed by atoms with Crippen molar-refractivity contribution >= 4 is 5.91 Å². The van der Waals surface area contributed by atoms with Crippen LogP contribution < -0.4 is 10.1 Å². The Balaban J connectivity index is 2.55. The van der Waals surface area contributed by atoms with Crippen molar-refractivity contribution in [3.05, 3.63) is 29.8 Å². The van der Waals surface area contributed by atoms with E-state index in [4.69, 9.17) is 9.84 Å². The van der Waals surface area contributed by atoms with Crippen LogP contribution in [0.4, 0.5) is 0 Å². The van der Waals surface area contributed by atoms with Crippen LogP contribution in [0.25, 0.3) is 0 Å². The molecule has 1 aromatic carbocycles. The van der Waals surface area contributed by atoms with Gasteiger partial charge in [0.2, 0.25) is 5.91 Å². The fraction of sp³-hybridized carbons (Fsp3) is 0.562. The van der Waals surface area contributed by atoms with Gasteiger partial charge in [0, 0.05) is 0 Å². The van der Waals surface area contributed by atoms with E-state index in [-0.39, 0.29) is 24.2 Å². The summed E-state index contributed by atoms with van der Waals surface area (Å²) < 4.78 is 5.73. The van der Waals surface area contributed by atoms with Crippen molar-refractivity contribution in [1.29, 1.82) is 0 Å². The van der Waals surface area contributed by atoms with E-state index in [1.807, 2.05) is 52.0 Å². The zero-order valence-corrected chi connectivity index (χ0v) is 12.8. The molecule has 0 aliphatic carbocycles. The molecule has 0 saturated heterocycles. The zero-order chi connectivity index (χ0) is 15.2. The third kappa shape index (κ3) is 6.06. The molecule has 0 radical (unpaired) electrons. The molecule has 0 aromatic heterocycles. The summed E-state index contributed by atoms with van der Waals surface area (Å²) in [4.78, 5) is 11.8. The summed E-state index contributed by atoms with van der Waals surface area (Å²) in [7, 11) is 0. The van der Waals surface area contributed by atoms with Gasteiger partial charge in [0.1, 0.15) is 11.4 Å². The second-order valence-electron chi connectivity index (χ2n) is 5.89. The zero-order valence-electron chi connectivity index (χ0n) is 12.8. The van der Waals surface area contributed by atoms with Crippen molar-refractivity contribution in [3.8, 4) is 5.75 Å². The predicted octanol–water partition coefficient (Wildman–Crippen LogP) is 2.29. The molecule has 0 aliphatic heterocycles. The molecule has 0 bridgehead atoms. The first-order chi connectivity index (χ1) is 9.34. The maximum Gasteiger partial charge on any atom is 0.224 e. The van der Waals surface area contributed by atoms with Gasteiger partial charge in [-0.2, -0.15) is 0 Å². The van der Waals surface area contributed by atoms with Crippen molar-refractivity contribution in [2.24, 2.45) is 0 Å². The molecule has 0 heterocycles. The standard InChI is InChI=1S/C16H25NO3/c1-5-13(11-18)17-15(19)10-12-6-8-14(9-7-12)20-16(2,3)4/h6-9,13,18H,5,10-11H2,1-4H3,(H,17,19). The Morgan fingerprint density at radius 1 is 1.30 bits per heavy atom. The van der Waals surface area contributed by atoms with E-state index in [1.165, 1.54) is 0 Å². The van der Waals surface area contributed by atoms with E-state index < -0.39 is 0 Å². The van der Waals surface area contributed by atoms with Gasteiger partial charge in [-0.25, -0.2) is 0 Å². The van der Waals surface area contributed by atoms with Gasteiger partial charge in [0.25, 0.3) is 0 Å². The molecule has 0 saturated carbocycles. The summed E-state index contributed by atoms with van der Waals surface area (Å²) in [6.45, 7) is 7.89. The number of carbonyl (C=O) groups excluding carboxylic acids is 1. The fourth-order valence-electron chi connectivity index (χ4n) is 1.77. The topological polar surface area (TPSA) is 58.6 Å². The highest BCUT2D eigenvalue weighted by Gasteiger charge is 2.12. The Hall–Kier alpha value is -1.55. The number of aliphatic hydroxyl groups excluding tert-OH is 1. The molecule has 1 unspecified atom stereocenters. The molecule has 4 nitrogen and oxygen atoms in total. The highest BCUT2D eigenvalue weighted by atomic mass is 16.5. The number of carbonyl (C=O) groups is 1. The Morgan fingerprint density at radius 2 is 1.90 bits per heavy atom. The van der Waals surface area contributed by atoms with Gasteiger partial charge in [-0.05, 0) is 44.9 Å². The highest BCUT2D eigenvalue weighted by Crippen LogP contribution is 2.18. The highest BCUT2D eigenvalue weighted by molar-refractivity contribution is 5.78. The SMILES string of the molecule is CCC(CO)NC(=O)Cc1ccc(OC(C)(C)C)cc1. The Labute approximate surface area is 121 Å². The van der Waals surface area contributed by atoms with E-state index >= 15 is 0 Å². The summed E-state index contributed by atoms with van der Waals surface area (Å²) >= 11 is 0. The smallest absolute Gasteiger partial charge is 0.224 e. The lowest BCUT2D eigenvalue weighted by molar-refractivity contribution is -0.121. The van der Waals surface area contributed by atoms with Crippen molar-refractivity contribution < 1.29 is 14.6 Å². The van der Waals surface area contributed by atoms with Crippen molar-refractivity contribution in [1.82, 2.24) is 5.32 Å². The second-order valence-corrected chi connectivity index (χ2v) is 5.89. The van der Waals surface area contributed by atoms with Gasteiger partial charge < -0.3 is 15.2 Å². The largest absolute Gasteiger partial charge is 0.488 e. The molecule has 0 spiro atoms. The molecule has 4 heteroatoms. The predicted molar refractivity (Wildman–Crippen MR) is 79.8 cm³/mol. The van der Waals surface area contributed by atoms with Crippen LogP contribution in [0.5, 0.6) is 5.75 Å². The van der Waals surface area contributed by atoms with Crippen LogP contribution >= 0.6 is 0 Å². The van der Waals surface area contributed by atoms with Gasteiger partial charge in [0.15, 0.2) is 0 Å². The minimum atomic E-state index is -0.228. The lowest BCUT2D eigenvalue weighted by Crippen LogP contribution is -2.37. The van der Waals surface area contributed by atoms with E-state index in [9.17, 15) is 4.79 Å². The second kappa shape index (κ2) is 7.29. The third-order valence-corrected chi connectivity index (χ3v) is 2.79. The quantitative estimate of drug-likeness (QED) is 0.840. The number of nitrogens with one attached hydrogen (secondary N) is 1. The van der Waals surface area contributed by atoms with Crippen molar-refractivity contribution in [2.45, 2.75) is 52.2 Å². The van der Waals surface area contributed by atoms with Crippen LogP contribution in [0.3, 0.4) is 0 Å². The summed E-state index contributed by atoms with van der Waals surface area (Å²) in [5.74, 6) is 0.721. The monoisotopic (exact) mass is 279 g/mol. The average molecular weight is 279 g/mol. The molecular formula is C16H25NO3. The summed E-state index contributed by atoms with van der Waals surface area (Å²) in [6.07, 6.45) is 1.03. The van der Waals surface area contributed by atoms with Gasteiger partial charge in [-0.1, -0.05) is 19.1 Å². The van der Waals surface area contributed by atoms with E-state index in [0.717, 1.165) is 17.7 Å². The number of hydrogen-bond donors (Lipinski definition) is 2. The van der Waals surface area contributed by atoms with E-state index in [0.29, 0.717) is 6.42 Å². The maximum absolute atomic E-state index is 11.8. The summed E-state index contributed by atoms with van der Waals surface area (Å²) in [6, 6.07) is 7.36. The summed E-state index contributed by atoms with van der Waals surface area (Å²) in [5, 5.41) is 11.9. The minimum absolute atomic E-state index is 0.0272. The molecule has 20 heavy (non-hydrogen) atoms. The number of rotatable bonds is 6. The van der Waals surface area contributed by atoms with Gasteiger partial charge in [-0.15, -0.1) is 0 Å². The molecule has 1 rings (SSSR count). The number of benzene rings is 1. The first kappa shape index (κ1) is 16.5. The van der Waals surface area contributed by atoms with Crippen molar-refractivity contribution in [3.63, 3.8) is 0 Å². The molecule has 0 fully saturated rings. The average Bonchev–Trinajstić information content (AvgIpc) is 2.36. The third-order valence-electron chi connectivity index (χ3n) is 2.79. The molecule has 0 aliphatic rings. The number of amides is 1. The van der Waals surface area contributed by atoms with Crippen LogP contribution in [0.2, 0.25) is 0 Å². The van der Waals surface area contributed by atoms with Crippen LogP contribution in [-0.4, -0.2) is 29.3 Å². The van der Waals surface area contributed by atoms with Crippen LogP contribution in [0, 0.1) is 0 Å². The number of hydrogen-bond acceptors (Lipinski definition) is 3. The van der Waals surface area contributed by atoms with Crippen molar-refractivity contribution in [2.75, 3.05) is 6.61 Å².